The van der Waals surface area contributed by atoms with Gasteiger partial charge < -0.3 is 10.2 Å². The van der Waals surface area contributed by atoms with E-state index >= 15 is 0 Å². The Kier molecular flexibility index (Phi) is 4.95. The van der Waals surface area contributed by atoms with Gasteiger partial charge in [0, 0.05) is 43.3 Å². The van der Waals surface area contributed by atoms with E-state index < -0.39 is 0 Å². The third-order valence-corrected chi connectivity index (χ3v) is 3.70. The van der Waals surface area contributed by atoms with Crippen LogP contribution >= 0.6 is 0 Å². The van der Waals surface area contributed by atoms with E-state index in [1.54, 1.807) is 17.0 Å². The van der Waals surface area contributed by atoms with Gasteiger partial charge in [-0.2, -0.15) is 5.10 Å². The first kappa shape index (κ1) is 16.5. The molecule has 0 saturated heterocycles. The Hall–Kier alpha value is -3.34. The molecule has 1 amide bonds. The normalized spacial score (nSPS) is 10.8. The van der Waals surface area contributed by atoms with Crippen LogP contribution in [0.15, 0.2) is 73.1 Å². The molecule has 1 heterocycles. The molecule has 25 heavy (non-hydrogen) atoms. The van der Waals surface area contributed by atoms with Gasteiger partial charge in [-0.05, 0) is 42.5 Å². The maximum Gasteiger partial charge on any atom is 0.248 e. The predicted molar refractivity (Wildman–Crippen MR) is 102 cm³/mol. The Morgan fingerprint density at radius 3 is 2.48 bits per heavy atom. The van der Waals surface area contributed by atoms with E-state index in [-0.39, 0.29) is 5.91 Å². The number of aromatic nitrogens is 2. The van der Waals surface area contributed by atoms with Crippen molar-refractivity contribution in [3.8, 4) is 5.69 Å². The van der Waals surface area contributed by atoms with E-state index in [9.17, 15) is 4.79 Å². The van der Waals surface area contributed by atoms with Crippen LogP contribution in [0, 0.1) is 0 Å². The quantitative estimate of drug-likeness (QED) is 0.727. The first-order valence-corrected chi connectivity index (χ1v) is 7.98. The Morgan fingerprint density at radius 2 is 1.80 bits per heavy atom. The summed E-state index contributed by atoms with van der Waals surface area (Å²) in [5.74, 6) is -0.176. The lowest BCUT2D eigenvalue weighted by molar-refractivity contribution is -0.111. The zero-order valence-electron chi connectivity index (χ0n) is 14.3. The van der Waals surface area contributed by atoms with Gasteiger partial charge in [0.25, 0.3) is 0 Å². The van der Waals surface area contributed by atoms with Crippen molar-refractivity contribution in [2.24, 2.45) is 0 Å². The van der Waals surface area contributed by atoms with Crippen LogP contribution in [-0.2, 0) is 4.79 Å². The average Bonchev–Trinajstić information content (AvgIpc) is 3.10. The van der Waals surface area contributed by atoms with E-state index in [0.29, 0.717) is 0 Å². The topological polar surface area (TPSA) is 50.2 Å². The van der Waals surface area contributed by atoms with Crippen LogP contribution in [0.25, 0.3) is 11.8 Å². The van der Waals surface area contributed by atoms with E-state index in [1.165, 1.54) is 6.08 Å². The number of rotatable bonds is 5. The van der Waals surface area contributed by atoms with Crippen molar-refractivity contribution in [2.45, 2.75) is 0 Å². The first-order valence-electron chi connectivity index (χ1n) is 7.98. The minimum absolute atomic E-state index is 0.176. The number of para-hydroxylation sites is 1. The van der Waals surface area contributed by atoms with Crippen LogP contribution in [-0.4, -0.2) is 29.8 Å². The Balaban J connectivity index is 1.62. The van der Waals surface area contributed by atoms with E-state index in [2.05, 4.69) is 10.4 Å². The Bertz CT molecular complexity index is 864. The average molecular weight is 332 g/mol. The van der Waals surface area contributed by atoms with Gasteiger partial charge in [0.15, 0.2) is 0 Å². The summed E-state index contributed by atoms with van der Waals surface area (Å²) < 4.78 is 1.78. The number of hydrogen-bond donors (Lipinski definition) is 1. The molecular weight excluding hydrogens is 312 g/mol. The summed E-state index contributed by atoms with van der Waals surface area (Å²) in [5.41, 5.74) is 3.69. The molecule has 0 bridgehead atoms. The number of benzene rings is 2. The monoisotopic (exact) mass is 332 g/mol. The smallest absolute Gasteiger partial charge is 0.248 e. The molecule has 3 aromatic rings. The van der Waals surface area contributed by atoms with Gasteiger partial charge >= 0.3 is 0 Å². The molecule has 5 nitrogen and oxygen atoms in total. The molecule has 0 aliphatic carbocycles. The van der Waals surface area contributed by atoms with Crippen LogP contribution in [0.3, 0.4) is 0 Å². The molecule has 1 N–H and O–H groups in total. The summed E-state index contributed by atoms with van der Waals surface area (Å²) in [6, 6.07) is 17.5. The summed E-state index contributed by atoms with van der Waals surface area (Å²) >= 11 is 0. The second-order valence-corrected chi connectivity index (χ2v) is 5.82. The maximum atomic E-state index is 12.0. The van der Waals surface area contributed by atoms with Crippen LogP contribution in [0.2, 0.25) is 0 Å². The summed E-state index contributed by atoms with van der Waals surface area (Å²) in [4.78, 5) is 14.1. The van der Waals surface area contributed by atoms with Crippen LogP contribution in [0.4, 0.5) is 11.4 Å². The molecule has 5 heteroatoms. The van der Waals surface area contributed by atoms with Gasteiger partial charge in [-0.15, -0.1) is 0 Å². The molecule has 0 spiro atoms. The summed E-state index contributed by atoms with van der Waals surface area (Å²) in [6.45, 7) is 0. The van der Waals surface area contributed by atoms with Gasteiger partial charge in [-0.25, -0.2) is 4.68 Å². The van der Waals surface area contributed by atoms with Crippen LogP contribution in [0.5, 0.6) is 0 Å². The molecule has 126 valence electrons. The number of nitrogens with zero attached hydrogens (tertiary/aromatic N) is 3. The van der Waals surface area contributed by atoms with Crippen molar-refractivity contribution in [3.63, 3.8) is 0 Å². The Labute approximate surface area is 147 Å². The van der Waals surface area contributed by atoms with Gasteiger partial charge in [-0.1, -0.05) is 18.2 Å². The minimum atomic E-state index is -0.176. The largest absolute Gasteiger partial charge is 0.378 e. The molecule has 0 aliphatic heterocycles. The summed E-state index contributed by atoms with van der Waals surface area (Å²) in [7, 11) is 3.96. The molecule has 0 radical (unpaired) electrons. The van der Waals surface area contributed by atoms with Crippen LogP contribution in [0.1, 0.15) is 5.56 Å². The minimum Gasteiger partial charge on any atom is -0.378 e. The van der Waals surface area contributed by atoms with Crippen molar-refractivity contribution in [3.05, 3.63) is 78.6 Å². The standard InChI is InChI=1S/C20H20N4O/c1-23(2)18-11-9-17(10-12-18)22-20(25)13-8-16-14-21-24(15-16)19-6-4-3-5-7-19/h3-15H,1-2H3,(H,22,25). The molecule has 0 fully saturated rings. The number of carbonyl (C=O) groups excluding carboxylic acids is 1. The zero-order chi connectivity index (χ0) is 17.6. The predicted octanol–water partition coefficient (Wildman–Crippen LogP) is 3.59. The highest BCUT2D eigenvalue weighted by molar-refractivity contribution is 6.01. The second kappa shape index (κ2) is 7.49. The van der Waals surface area contributed by atoms with Crippen LogP contribution < -0.4 is 10.2 Å². The van der Waals surface area contributed by atoms with Crippen molar-refractivity contribution >= 4 is 23.4 Å². The van der Waals surface area contributed by atoms with Gasteiger partial charge in [0.2, 0.25) is 5.91 Å². The summed E-state index contributed by atoms with van der Waals surface area (Å²) in [6.07, 6.45) is 6.86. The second-order valence-electron chi connectivity index (χ2n) is 5.82. The SMILES string of the molecule is CN(C)c1ccc(NC(=O)C=Cc2cnn(-c3ccccc3)c2)cc1. The maximum absolute atomic E-state index is 12.0. The highest BCUT2D eigenvalue weighted by atomic mass is 16.1. The fourth-order valence-corrected chi connectivity index (χ4v) is 2.34. The van der Waals surface area contributed by atoms with Gasteiger partial charge in [0.05, 0.1) is 11.9 Å². The molecule has 0 unspecified atom stereocenters. The fraction of sp³-hybridized carbons (Fsp3) is 0.100. The number of nitrogens with one attached hydrogen (secondary N) is 1. The van der Waals surface area contributed by atoms with Crippen molar-refractivity contribution < 1.29 is 4.79 Å². The lowest BCUT2D eigenvalue weighted by Crippen LogP contribution is -2.10. The lowest BCUT2D eigenvalue weighted by atomic mass is 10.2. The van der Waals surface area contributed by atoms with Crippen molar-refractivity contribution in [1.29, 1.82) is 0 Å². The third-order valence-electron chi connectivity index (χ3n) is 3.70. The third kappa shape index (κ3) is 4.35. The van der Waals surface area contributed by atoms with Gasteiger partial charge in [-0.3, -0.25) is 4.79 Å². The number of carbonyl (C=O) groups is 1. The van der Waals surface area contributed by atoms with Crippen molar-refractivity contribution in [1.82, 2.24) is 9.78 Å². The molecule has 0 aliphatic rings. The van der Waals surface area contributed by atoms with E-state index in [0.717, 1.165) is 22.6 Å². The molecular formula is C20H20N4O. The summed E-state index contributed by atoms with van der Waals surface area (Å²) in [5, 5.41) is 7.15. The lowest BCUT2D eigenvalue weighted by Gasteiger charge is -2.12. The zero-order valence-corrected chi connectivity index (χ0v) is 14.3. The molecule has 3 rings (SSSR count). The number of anilines is 2. The Morgan fingerprint density at radius 1 is 1.08 bits per heavy atom. The van der Waals surface area contributed by atoms with Crippen molar-refractivity contribution in [2.75, 3.05) is 24.3 Å². The first-order chi connectivity index (χ1) is 12.1. The van der Waals surface area contributed by atoms with Gasteiger partial charge in [0.1, 0.15) is 0 Å². The molecule has 1 aromatic heterocycles. The molecule has 2 aromatic carbocycles. The number of amides is 1. The molecule has 0 atom stereocenters. The number of hydrogen-bond acceptors (Lipinski definition) is 3. The van der Waals surface area contributed by atoms with E-state index in [4.69, 9.17) is 0 Å². The highest BCUT2D eigenvalue weighted by Gasteiger charge is 2.01. The van der Waals surface area contributed by atoms with E-state index in [1.807, 2.05) is 79.8 Å². The fourth-order valence-electron chi connectivity index (χ4n) is 2.34. The molecule has 0 saturated carbocycles. The highest BCUT2D eigenvalue weighted by Crippen LogP contribution is 2.15.